The Bertz CT molecular complexity index is 2010. The van der Waals surface area contributed by atoms with Gasteiger partial charge in [0.15, 0.2) is 5.69 Å². The minimum absolute atomic E-state index is 0.0295. The third kappa shape index (κ3) is 3.99. The van der Waals surface area contributed by atoms with Gasteiger partial charge in [-0.2, -0.15) is 10.5 Å². The number of hydrogen-bond acceptors (Lipinski definition) is 3. The lowest BCUT2D eigenvalue weighted by Crippen LogP contribution is -1.95. The number of fused-ring (bicyclic) bond motifs is 3. The first-order chi connectivity index (χ1) is 20.2. The third-order valence-electron chi connectivity index (χ3n) is 6.72. The maximum Gasteiger partial charge on any atom is 0.270 e. The van der Waals surface area contributed by atoms with Crippen LogP contribution in [0.4, 0.5) is 28.9 Å². The van der Waals surface area contributed by atoms with E-state index < -0.39 is 34.5 Å². The van der Waals surface area contributed by atoms with Gasteiger partial charge in [-0.3, -0.25) is 0 Å². The highest BCUT2D eigenvalue weighted by Gasteiger charge is 2.30. The lowest BCUT2D eigenvalue weighted by Gasteiger charge is -2.11. The average Bonchev–Trinajstić information content (AvgIpc) is 3.28. The molecule has 0 bridgehead atoms. The Balaban J connectivity index is 1.85. The van der Waals surface area contributed by atoms with Gasteiger partial charge < -0.3 is 0 Å². The van der Waals surface area contributed by atoms with Crippen molar-refractivity contribution in [1.29, 1.82) is 15.8 Å². The van der Waals surface area contributed by atoms with Crippen molar-refractivity contribution in [2.75, 3.05) is 0 Å². The predicted octanol–water partition coefficient (Wildman–Crippen LogP) is 8.60. The zero-order valence-electron chi connectivity index (χ0n) is 20.8. The fraction of sp³-hybridized carbons (Fsp3) is 0. The minimum atomic E-state index is -1.15. The lowest BCUT2D eigenvalue weighted by atomic mass is 9.92. The summed E-state index contributed by atoms with van der Waals surface area (Å²) < 4.78 is 58.0. The van der Waals surface area contributed by atoms with Crippen LogP contribution in [-0.4, -0.2) is 0 Å². The highest BCUT2D eigenvalue weighted by Crippen LogP contribution is 2.51. The molecule has 0 N–H and O–H groups in total. The van der Waals surface area contributed by atoms with E-state index in [2.05, 4.69) is 14.5 Å². The average molecular weight is 552 g/mol. The van der Waals surface area contributed by atoms with E-state index in [1.165, 1.54) is 30.3 Å². The number of rotatable bonds is 2. The highest BCUT2D eigenvalue weighted by atomic mass is 19.1. The quantitative estimate of drug-likeness (QED) is 0.125. The molecule has 4 aromatic carbocycles. The molecule has 0 aliphatic heterocycles. The summed E-state index contributed by atoms with van der Waals surface area (Å²) in [6.45, 7) is 22.3. The molecule has 0 unspecified atom stereocenters. The topological polar surface area (TPSA) is 84.4 Å². The van der Waals surface area contributed by atoms with Crippen LogP contribution in [0.15, 0.2) is 54.2 Å². The fourth-order valence-corrected chi connectivity index (χ4v) is 4.90. The van der Waals surface area contributed by atoms with Crippen LogP contribution in [0.1, 0.15) is 22.3 Å². The van der Waals surface area contributed by atoms with Crippen LogP contribution in [-0.2, 0) is 0 Å². The summed E-state index contributed by atoms with van der Waals surface area (Å²) in [6.07, 6.45) is 0. The number of halogens is 4. The molecule has 194 valence electrons. The Hall–Kier alpha value is -6.72. The molecule has 0 radical (unpaired) electrons. The molecule has 4 aromatic rings. The van der Waals surface area contributed by atoms with Gasteiger partial charge in [0.1, 0.15) is 34.9 Å². The molecule has 0 saturated heterocycles. The van der Waals surface area contributed by atoms with Gasteiger partial charge in [0, 0.05) is 11.1 Å². The van der Waals surface area contributed by atoms with Crippen LogP contribution >= 0.6 is 0 Å². The molecule has 6 nitrogen and oxygen atoms in total. The number of benzene rings is 4. The van der Waals surface area contributed by atoms with Gasteiger partial charge in [0.05, 0.1) is 37.4 Å². The van der Waals surface area contributed by atoms with Crippen molar-refractivity contribution in [3.8, 4) is 51.6 Å². The van der Waals surface area contributed by atoms with Crippen molar-refractivity contribution in [1.82, 2.24) is 0 Å². The summed E-state index contributed by atoms with van der Waals surface area (Å²) in [5.41, 5.74) is -0.872. The summed E-state index contributed by atoms with van der Waals surface area (Å²) in [5.74, 6) is -4.58. The monoisotopic (exact) mass is 552 g/mol. The van der Waals surface area contributed by atoms with Crippen LogP contribution in [0.5, 0.6) is 0 Å². The number of nitriles is 3. The molecule has 0 heterocycles. The van der Waals surface area contributed by atoms with E-state index in [9.17, 15) is 28.1 Å². The van der Waals surface area contributed by atoms with Gasteiger partial charge in [-0.05, 0) is 81.4 Å². The maximum absolute atomic E-state index is 14.5. The second-order valence-corrected chi connectivity index (χ2v) is 8.86. The molecule has 42 heavy (non-hydrogen) atoms. The third-order valence-corrected chi connectivity index (χ3v) is 6.72. The Labute approximate surface area is 235 Å². The van der Waals surface area contributed by atoms with Crippen LogP contribution in [0.3, 0.4) is 0 Å². The normalized spacial score (nSPS) is 12.0. The Morgan fingerprint density at radius 1 is 0.595 bits per heavy atom. The van der Waals surface area contributed by atoms with Gasteiger partial charge >= 0.3 is 0 Å². The van der Waals surface area contributed by atoms with E-state index >= 15 is 0 Å². The molecule has 0 saturated carbocycles. The molecule has 0 atom stereocenters. The van der Waals surface area contributed by atoms with E-state index in [0.717, 1.165) is 24.3 Å². The van der Waals surface area contributed by atoms with Crippen molar-refractivity contribution < 1.29 is 17.6 Å². The van der Waals surface area contributed by atoms with E-state index in [0.29, 0.717) is 11.1 Å². The summed E-state index contributed by atoms with van der Waals surface area (Å²) in [4.78, 5) is 9.63. The second kappa shape index (κ2) is 10.1. The molecule has 1 aliphatic rings. The summed E-state index contributed by atoms with van der Waals surface area (Å²) in [7, 11) is 0. The van der Waals surface area contributed by atoms with Crippen molar-refractivity contribution in [2.45, 2.75) is 0 Å². The van der Waals surface area contributed by atoms with Crippen LogP contribution < -0.4 is 0 Å². The number of nitrogens with zero attached hydrogens (tertiary/aromatic N) is 6. The van der Waals surface area contributed by atoms with Crippen molar-refractivity contribution in [3.63, 3.8) is 0 Å². The van der Waals surface area contributed by atoms with Crippen molar-refractivity contribution in [3.05, 3.63) is 134 Å². The van der Waals surface area contributed by atoms with Gasteiger partial charge in [-0.15, -0.1) is 0 Å². The molecular weight excluding hydrogens is 544 g/mol. The van der Waals surface area contributed by atoms with E-state index in [1.54, 1.807) is 0 Å². The number of hydrogen-bond donors (Lipinski definition) is 0. The SMILES string of the molecule is [C-]#[N+]/C(C#N)=C1/c2cc(-c3cc(F)c(C#N)c(F)c3)c(C#N)cc2-c2cc([N+]#[C-])c(-c3cc(F)c([N+]#[C-])c(F)c3)cc21. The first kappa shape index (κ1) is 26.9. The molecule has 0 aromatic heterocycles. The first-order valence-corrected chi connectivity index (χ1v) is 11.6. The van der Waals surface area contributed by atoms with Gasteiger partial charge in [-0.25, -0.2) is 37.4 Å². The molecular formula is C32H8F4N6. The largest absolute Gasteiger partial charge is 0.270 e. The lowest BCUT2D eigenvalue weighted by molar-refractivity contribution is 0.577. The van der Waals surface area contributed by atoms with Crippen LogP contribution in [0.2, 0.25) is 0 Å². The standard InChI is InChI=1S/C32H8F4N6/c1-40-29-11-21-20-4-17(12-37)18(15-5-25(33)24(13-38)26(34)6-15)9-22(20)31(30(14-39)41-2)23(21)10-19(29)16-7-27(35)32(42-3)28(36)8-16/h4-11H/b31-30-. The molecule has 0 spiro atoms. The summed E-state index contributed by atoms with van der Waals surface area (Å²) in [6, 6.07) is 14.3. The minimum Gasteiger partial charge on any atom is -0.237 e. The molecule has 0 amide bonds. The van der Waals surface area contributed by atoms with Crippen molar-refractivity contribution >= 4 is 16.9 Å². The summed E-state index contributed by atoms with van der Waals surface area (Å²) in [5, 5.41) is 28.7. The van der Waals surface area contributed by atoms with E-state index in [-0.39, 0.29) is 55.9 Å². The fourth-order valence-electron chi connectivity index (χ4n) is 4.90. The smallest absolute Gasteiger partial charge is 0.237 e. The van der Waals surface area contributed by atoms with E-state index in [4.69, 9.17) is 25.0 Å². The zero-order valence-corrected chi connectivity index (χ0v) is 20.8. The Morgan fingerprint density at radius 3 is 1.64 bits per heavy atom. The Kier molecular flexibility index (Phi) is 6.47. The molecule has 10 heteroatoms. The second-order valence-electron chi connectivity index (χ2n) is 8.86. The molecule has 1 aliphatic carbocycles. The van der Waals surface area contributed by atoms with E-state index in [1.807, 2.05) is 12.1 Å². The first-order valence-electron chi connectivity index (χ1n) is 11.6. The van der Waals surface area contributed by atoms with Crippen LogP contribution in [0, 0.1) is 77.0 Å². The van der Waals surface area contributed by atoms with Crippen molar-refractivity contribution in [2.24, 2.45) is 0 Å². The zero-order chi connectivity index (χ0) is 30.3. The van der Waals surface area contributed by atoms with Crippen LogP contribution in [0.25, 0.3) is 53.5 Å². The highest BCUT2D eigenvalue weighted by molar-refractivity contribution is 6.07. The maximum atomic E-state index is 14.5. The molecule has 5 rings (SSSR count). The molecule has 0 fully saturated rings. The van der Waals surface area contributed by atoms with Gasteiger partial charge in [-0.1, -0.05) is 6.07 Å². The Morgan fingerprint density at radius 2 is 1.14 bits per heavy atom. The summed E-state index contributed by atoms with van der Waals surface area (Å²) >= 11 is 0. The van der Waals surface area contributed by atoms with Gasteiger partial charge in [0.25, 0.3) is 11.4 Å². The van der Waals surface area contributed by atoms with Gasteiger partial charge in [0.2, 0.25) is 0 Å². The number of allylic oxidation sites excluding steroid dienone is 1. The predicted molar refractivity (Wildman–Crippen MR) is 143 cm³/mol.